The number of nitrogens with zero attached hydrogens (tertiary/aromatic N) is 3. The maximum absolute atomic E-state index is 2.45. The van der Waals surface area contributed by atoms with Crippen molar-refractivity contribution in [3.05, 3.63) is 205 Å². The first-order chi connectivity index (χ1) is 27.9. The quantitative estimate of drug-likeness (QED) is 0.111. The Bertz CT molecular complexity index is 3040. The SMILES string of the molecule is C[Si](C)(C)c1ccc2c3ccc(/C=C/c4ccc5c6ccc(N(c7ccccc7)c7ccccc7)cc6n(-c6ccccc6)c5c4)cc3n(-c3ccccc3)c2c1. The summed E-state index contributed by atoms with van der Waals surface area (Å²) in [5.41, 5.74) is 12.8. The summed E-state index contributed by atoms with van der Waals surface area (Å²) in [4.78, 5) is 2.33. The molecule has 0 aliphatic heterocycles. The zero-order chi connectivity index (χ0) is 38.5. The summed E-state index contributed by atoms with van der Waals surface area (Å²) in [5, 5.41) is 6.50. The molecular formula is C53H43N3Si. The molecule has 0 N–H and O–H groups in total. The predicted molar refractivity (Wildman–Crippen MR) is 248 cm³/mol. The Hall–Kier alpha value is -6.88. The second kappa shape index (κ2) is 14.0. The summed E-state index contributed by atoms with van der Waals surface area (Å²) in [6, 6.07) is 70.5. The fourth-order valence-corrected chi connectivity index (χ4v) is 9.53. The number of anilines is 3. The van der Waals surface area contributed by atoms with Gasteiger partial charge < -0.3 is 14.0 Å². The van der Waals surface area contributed by atoms with Crippen LogP contribution in [0.1, 0.15) is 11.1 Å². The molecule has 2 aromatic heterocycles. The van der Waals surface area contributed by atoms with Gasteiger partial charge in [0.1, 0.15) is 0 Å². The molecule has 0 aliphatic carbocycles. The Morgan fingerprint density at radius 3 is 1.21 bits per heavy atom. The molecule has 0 saturated heterocycles. The molecule has 0 spiro atoms. The van der Waals surface area contributed by atoms with Crippen LogP contribution in [0.5, 0.6) is 0 Å². The Labute approximate surface area is 335 Å². The Balaban J connectivity index is 1.10. The van der Waals surface area contributed by atoms with Gasteiger partial charge in [-0.1, -0.05) is 152 Å². The number of hydrogen-bond acceptors (Lipinski definition) is 1. The molecule has 0 bridgehead atoms. The molecule has 10 aromatic rings. The smallest absolute Gasteiger partial charge is 0.0776 e. The molecule has 57 heavy (non-hydrogen) atoms. The maximum Gasteiger partial charge on any atom is 0.0776 e. The molecule has 0 fully saturated rings. The largest absolute Gasteiger partial charge is 0.310 e. The topological polar surface area (TPSA) is 13.1 Å². The Morgan fingerprint density at radius 1 is 0.368 bits per heavy atom. The molecule has 0 unspecified atom stereocenters. The molecule has 0 atom stereocenters. The highest BCUT2D eigenvalue weighted by atomic mass is 28.3. The van der Waals surface area contributed by atoms with E-state index < -0.39 is 8.07 Å². The van der Waals surface area contributed by atoms with Crippen LogP contribution in [0.2, 0.25) is 19.6 Å². The van der Waals surface area contributed by atoms with Crippen LogP contribution in [-0.2, 0) is 0 Å². The van der Waals surface area contributed by atoms with Gasteiger partial charge in [-0.15, -0.1) is 0 Å². The third-order valence-electron chi connectivity index (χ3n) is 11.2. The van der Waals surface area contributed by atoms with Crippen molar-refractivity contribution in [1.82, 2.24) is 9.13 Å². The molecule has 0 saturated carbocycles. The van der Waals surface area contributed by atoms with Crippen molar-refractivity contribution in [3.63, 3.8) is 0 Å². The number of rotatable bonds is 8. The van der Waals surface area contributed by atoms with E-state index in [1.54, 1.807) is 0 Å². The average molecular weight is 750 g/mol. The van der Waals surface area contributed by atoms with Crippen LogP contribution in [0.3, 0.4) is 0 Å². The van der Waals surface area contributed by atoms with Crippen molar-refractivity contribution in [3.8, 4) is 11.4 Å². The molecule has 274 valence electrons. The van der Waals surface area contributed by atoms with Gasteiger partial charge in [-0.25, -0.2) is 0 Å². The normalized spacial score (nSPS) is 12.1. The van der Waals surface area contributed by atoms with Crippen molar-refractivity contribution >= 4 is 86.1 Å². The number of fused-ring (bicyclic) bond motifs is 6. The minimum Gasteiger partial charge on any atom is -0.310 e. The standard InChI is InChI=1S/C53H43N3Si/c1-57(2,3)45-29-33-49-47-31-27-39(35-51(47)56(53(49)37-45)43-22-14-7-15-23-43)25-24-38-26-30-46-48-32-28-44(36-52(48)55(50(46)34-38)42-20-12-6-13-21-42)54(40-16-8-4-9-17-40)41-18-10-5-11-19-41/h4-37H,1-3H3/b25-24+. The number of aromatic nitrogens is 2. The van der Waals surface area contributed by atoms with E-state index in [1.807, 2.05) is 0 Å². The van der Waals surface area contributed by atoms with Gasteiger partial charge in [0.2, 0.25) is 0 Å². The fraction of sp³-hybridized carbons (Fsp3) is 0.0566. The second-order valence-corrected chi connectivity index (χ2v) is 21.0. The second-order valence-electron chi connectivity index (χ2n) is 15.9. The van der Waals surface area contributed by atoms with Gasteiger partial charge in [-0.3, -0.25) is 0 Å². The molecule has 8 aromatic carbocycles. The molecule has 2 heterocycles. The van der Waals surface area contributed by atoms with Crippen LogP contribution in [0, 0.1) is 0 Å². The van der Waals surface area contributed by atoms with Crippen molar-refractivity contribution in [2.45, 2.75) is 19.6 Å². The minimum atomic E-state index is -1.51. The van der Waals surface area contributed by atoms with Gasteiger partial charge in [0.15, 0.2) is 0 Å². The first kappa shape index (κ1) is 34.6. The van der Waals surface area contributed by atoms with Gasteiger partial charge in [0.05, 0.1) is 30.1 Å². The van der Waals surface area contributed by atoms with Crippen LogP contribution in [0.4, 0.5) is 17.1 Å². The van der Waals surface area contributed by atoms with Crippen LogP contribution in [-0.4, -0.2) is 17.2 Å². The maximum atomic E-state index is 2.45. The summed E-state index contributed by atoms with van der Waals surface area (Å²) in [6.07, 6.45) is 4.51. The lowest BCUT2D eigenvalue weighted by Crippen LogP contribution is -2.37. The van der Waals surface area contributed by atoms with Crippen LogP contribution >= 0.6 is 0 Å². The Morgan fingerprint density at radius 2 is 0.754 bits per heavy atom. The lowest BCUT2D eigenvalue weighted by atomic mass is 10.1. The molecule has 0 amide bonds. The molecular weight excluding hydrogens is 707 g/mol. The molecule has 4 heteroatoms. The number of hydrogen-bond donors (Lipinski definition) is 0. The number of benzene rings is 8. The third-order valence-corrected chi connectivity index (χ3v) is 13.3. The van der Waals surface area contributed by atoms with Gasteiger partial charge in [-0.05, 0) is 90.0 Å². The molecule has 10 rings (SSSR count). The van der Waals surface area contributed by atoms with E-state index in [1.165, 1.54) is 60.0 Å². The monoisotopic (exact) mass is 749 g/mol. The van der Waals surface area contributed by atoms with Crippen LogP contribution in [0.25, 0.3) is 67.1 Å². The molecule has 0 aliphatic rings. The van der Waals surface area contributed by atoms with Gasteiger partial charge in [-0.2, -0.15) is 0 Å². The third kappa shape index (κ3) is 6.25. The zero-order valence-electron chi connectivity index (χ0n) is 32.5. The summed E-state index contributed by atoms with van der Waals surface area (Å²) in [6.45, 7) is 7.27. The minimum absolute atomic E-state index is 1.11. The van der Waals surface area contributed by atoms with E-state index >= 15 is 0 Å². The van der Waals surface area contributed by atoms with E-state index in [-0.39, 0.29) is 0 Å². The van der Waals surface area contributed by atoms with Gasteiger partial charge in [0, 0.05) is 50.0 Å². The van der Waals surface area contributed by atoms with E-state index in [9.17, 15) is 0 Å². The van der Waals surface area contributed by atoms with Gasteiger partial charge >= 0.3 is 0 Å². The number of para-hydroxylation sites is 4. The highest BCUT2D eigenvalue weighted by molar-refractivity contribution is 6.88. The fourth-order valence-electron chi connectivity index (χ4n) is 8.38. The molecule has 0 radical (unpaired) electrons. The van der Waals surface area contributed by atoms with E-state index in [0.29, 0.717) is 0 Å². The van der Waals surface area contributed by atoms with Crippen molar-refractivity contribution in [2.75, 3.05) is 4.90 Å². The summed E-state index contributed by atoms with van der Waals surface area (Å²) in [7, 11) is -1.51. The van der Waals surface area contributed by atoms with Gasteiger partial charge in [0.25, 0.3) is 0 Å². The lowest BCUT2D eigenvalue weighted by Gasteiger charge is -2.25. The summed E-state index contributed by atoms with van der Waals surface area (Å²) >= 11 is 0. The highest BCUT2D eigenvalue weighted by Crippen LogP contribution is 2.40. The van der Waals surface area contributed by atoms with E-state index in [2.05, 4.69) is 240 Å². The van der Waals surface area contributed by atoms with Crippen LogP contribution in [0.15, 0.2) is 194 Å². The first-order valence-electron chi connectivity index (χ1n) is 19.8. The lowest BCUT2D eigenvalue weighted by molar-refractivity contribution is 1.18. The first-order valence-corrected chi connectivity index (χ1v) is 23.3. The highest BCUT2D eigenvalue weighted by Gasteiger charge is 2.21. The molecule has 3 nitrogen and oxygen atoms in total. The van der Waals surface area contributed by atoms with Crippen LogP contribution < -0.4 is 10.1 Å². The summed E-state index contributed by atoms with van der Waals surface area (Å²) < 4.78 is 4.86. The van der Waals surface area contributed by atoms with E-state index in [4.69, 9.17) is 0 Å². The van der Waals surface area contributed by atoms with E-state index in [0.717, 1.165) is 28.3 Å². The van der Waals surface area contributed by atoms with Crippen molar-refractivity contribution in [2.24, 2.45) is 0 Å². The Kier molecular flexibility index (Phi) is 8.50. The predicted octanol–water partition coefficient (Wildman–Crippen LogP) is 14.1. The zero-order valence-corrected chi connectivity index (χ0v) is 33.5. The summed E-state index contributed by atoms with van der Waals surface area (Å²) in [5.74, 6) is 0. The van der Waals surface area contributed by atoms with Crippen molar-refractivity contribution < 1.29 is 0 Å². The van der Waals surface area contributed by atoms with Crippen molar-refractivity contribution in [1.29, 1.82) is 0 Å². The average Bonchev–Trinajstić information content (AvgIpc) is 3.75.